The van der Waals surface area contributed by atoms with Gasteiger partial charge in [-0.3, -0.25) is 14.5 Å². The van der Waals surface area contributed by atoms with Crippen LogP contribution >= 0.6 is 0 Å². The quantitative estimate of drug-likeness (QED) is 0.645. The molecule has 0 fully saturated rings. The van der Waals surface area contributed by atoms with E-state index in [-0.39, 0.29) is 18.4 Å². The number of nitrogens with zero attached hydrogens (tertiary/aromatic N) is 2. The molecule has 2 amide bonds. The number of ether oxygens (including phenoxy) is 1. The second-order valence-electron chi connectivity index (χ2n) is 7.30. The zero-order valence-corrected chi connectivity index (χ0v) is 17.6. The van der Waals surface area contributed by atoms with Gasteiger partial charge in [-0.05, 0) is 37.5 Å². The van der Waals surface area contributed by atoms with Crippen molar-refractivity contribution >= 4 is 17.4 Å². The molecule has 5 nitrogen and oxygen atoms in total. The van der Waals surface area contributed by atoms with Crippen LogP contribution in [0.1, 0.15) is 29.2 Å². The Labute approximate surface area is 172 Å². The Morgan fingerprint density at radius 2 is 1.72 bits per heavy atom. The maximum atomic E-state index is 13.3. The van der Waals surface area contributed by atoms with E-state index in [1.54, 1.807) is 7.11 Å². The van der Waals surface area contributed by atoms with Gasteiger partial charge < -0.3 is 9.64 Å². The lowest BCUT2D eigenvalue weighted by Gasteiger charge is -2.25. The van der Waals surface area contributed by atoms with Crippen molar-refractivity contribution in [2.24, 2.45) is 0 Å². The summed E-state index contributed by atoms with van der Waals surface area (Å²) >= 11 is 0. The lowest BCUT2D eigenvalue weighted by Crippen LogP contribution is -2.37. The van der Waals surface area contributed by atoms with E-state index < -0.39 is 0 Å². The number of amides is 2. The molecule has 152 valence electrons. The van der Waals surface area contributed by atoms with Gasteiger partial charge in [0.15, 0.2) is 0 Å². The summed E-state index contributed by atoms with van der Waals surface area (Å²) in [7, 11) is 1.57. The van der Waals surface area contributed by atoms with Gasteiger partial charge in [0.2, 0.25) is 0 Å². The fourth-order valence-corrected chi connectivity index (χ4v) is 3.73. The Kier molecular flexibility index (Phi) is 6.49. The minimum atomic E-state index is -0.250. The molecule has 29 heavy (non-hydrogen) atoms. The summed E-state index contributed by atoms with van der Waals surface area (Å²) < 4.78 is 5.12. The maximum Gasteiger partial charge on any atom is 0.277 e. The molecule has 1 aliphatic rings. The lowest BCUT2D eigenvalue weighted by molar-refractivity contribution is -0.138. The van der Waals surface area contributed by atoms with Gasteiger partial charge >= 0.3 is 0 Å². The molecular formula is C24H28N2O3. The van der Waals surface area contributed by atoms with E-state index in [4.69, 9.17) is 4.74 Å². The van der Waals surface area contributed by atoms with Crippen molar-refractivity contribution < 1.29 is 14.3 Å². The van der Waals surface area contributed by atoms with Crippen LogP contribution in [0.25, 0.3) is 5.57 Å². The van der Waals surface area contributed by atoms with E-state index in [0.29, 0.717) is 31.0 Å². The molecule has 0 N–H and O–H groups in total. The van der Waals surface area contributed by atoms with Crippen molar-refractivity contribution in [1.29, 1.82) is 0 Å². The van der Waals surface area contributed by atoms with Gasteiger partial charge in [-0.2, -0.15) is 0 Å². The summed E-state index contributed by atoms with van der Waals surface area (Å²) in [6.07, 6.45) is 0. The number of carbonyl (C=O) groups excluding carboxylic acids is 2. The highest BCUT2D eigenvalue weighted by Gasteiger charge is 2.41. The largest absolute Gasteiger partial charge is 0.383 e. The van der Waals surface area contributed by atoms with Gasteiger partial charge in [-0.25, -0.2) is 0 Å². The number of likely N-dealkylation sites (N-methyl/N-ethyl adjacent to an activating group) is 1. The number of aryl methyl sites for hydroxylation is 2. The van der Waals surface area contributed by atoms with E-state index in [9.17, 15) is 9.59 Å². The van der Waals surface area contributed by atoms with Crippen LogP contribution in [-0.2, 0) is 20.9 Å². The Balaban J connectivity index is 2.10. The average Bonchev–Trinajstić information content (AvgIpc) is 2.95. The first kappa shape index (κ1) is 20.8. The van der Waals surface area contributed by atoms with Crippen LogP contribution in [0.15, 0.2) is 54.2 Å². The summed E-state index contributed by atoms with van der Waals surface area (Å²) in [5.41, 5.74) is 4.99. The summed E-state index contributed by atoms with van der Waals surface area (Å²) in [4.78, 5) is 29.9. The molecule has 0 aromatic heterocycles. The molecule has 1 heterocycles. The van der Waals surface area contributed by atoms with E-state index >= 15 is 0 Å². The van der Waals surface area contributed by atoms with Crippen molar-refractivity contribution in [3.63, 3.8) is 0 Å². The Morgan fingerprint density at radius 3 is 2.34 bits per heavy atom. The third-order valence-corrected chi connectivity index (χ3v) is 5.23. The Bertz CT molecular complexity index is 934. The van der Waals surface area contributed by atoms with E-state index in [1.165, 1.54) is 4.90 Å². The molecule has 0 saturated carbocycles. The molecule has 2 aromatic rings. The van der Waals surface area contributed by atoms with Crippen molar-refractivity contribution in [2.45, 2.75) is 27.3 Å². The molecule has 3 rings (SSSR count). The highest BCUT2D eigenvalue weighted by Crippen LogP contribution is 2.34. The van der Waals surface area contributed by atoms with Crippen molar-refractivity contribution in [3.8, 4) is 0 Å². The minimum Gasteiger partial charge on any atom is -0.383 e. The average molecular weight is 392 g/mol. The van der Waals surface area contributed by atoms with Gasteiger partial charge in [-0.1, -0.05) is 54.1 Å². The number of carbonyl (C=O) groups is 2. The third kappa shape index (κ3) is 4.25. The van der Waals surface area contributed by atoms with Crippen molar-refractivity contribution in [1.82, 2.24) is 9.80 Å². The van der Waals surface area contributed by atoms with Crippen LogP contribution in [0, 0.1) is 13.8 Å². The van der Waals surface area contributed by atoms with Gasteiger partial charge in [-0.15, -0.1) is 0 Å². The maximum absolute atomic E-state index is 13.3. The zero-order valence-electron chi connectivity index (χ0n) is 17.6. The molecular weight excluding hydrogens is 364 g/mol. The highest BCUT2D eigenvalue weighted by atomic mass is 16.5. The molecule has 5 heteroatoms. The molecule has 0 bridgehead atoms. The van der Waals surface area contributed by atoms with Crippen LogP contribution in [0.5, 0.6) is 0 Å². The molecule has 0 unspecified atom stereocenters. The summed E-state index contributed by atoms with van der Waals surface area (Å²) in [5, 5.41) is 0. The first-order valence-corrected chi connectivity index (χ1v) is 9.93. The Morgan fingerprint density at radius 1 is 1.00 bits per heavy atom. The predicted molar refractivity (Wildman–Crippen MR) is 114 cm³/mol. The number of imide groups is 1. The number of rotatable bonds is 8. The molecule has 0 aliphatic carbocycles. The number of benzene rings is 2. The fourth-order valence-electron chi connectivity index (χ4n) is 3.73. The molecule has 2 aromatic carbocycles. The van der Waals surface area contributed by atoms with E-state index in [2.05, 4.69) is 0 Å². The van der Waals surface area contributed by atoms with Crippen molar-refractivity contribution in [3.05, 3.63) is 76.5 Å². The zero-order chi connectivity index (χ0) is 21.0. The molecule has 0 saturated heterocycles. The first-order valence-electron chi connectivity index (χ1n) is 9.93. The van der Waals surface area contributed by atoms with Gasteiger partial charge in [0.05, 0.1) is 18.7 Å². The van der Waals surface area contributed by atoms with Gasteiger partial charge in [0, 0.05) is 20.2 Å². The molecule has 0 atom stereocenters. The number of hydrogen-bond donors (Lipinski definition) is 0. The van der Waals surface area contributed by atoms with E-state index in [1.807, 2.05) is 74.2 Å². The lowest BCUT2D eigenvalue weighted by atomic mass is 9.97. The molecule has 0 radical (unpaired) electrons. The monoisotopic (exact) mass is 392 g/mol. The van der Waals surface area contributed by atoms with Crippen LogP contribution < -0.4 is 0 Å². The first-order chi connectivity index (χ1) is 14.0. The minimum absolute atomic E-state index is 0.245. The van der Waals surface area contributed by atoms with E-state index in [0.717, 1.165) is 22.3 Å². The highest BCUT2D eigenvalue weighted by molar-refractivity contribution is 6.35. The normalized spacial score (nSPS) is 14.1. The second-order valence-corrected chi connectivity index (χ2v) is 7.30. The van der Waals surface area contributed by atoms with Crippen LogP contribution in [0.2, 0.25) is 0 Å². The smallest absolute Gasteiger partial charge is 0.277 e. The summed E-state index contributed by atoms with van der Waals surface area (Å²) in [6.45, 7) is 7.76. The number of hydrogen-bond acceptors (Lipinski definition) is 4. The third-order valence-electron chi connectivity index (χ3n) is 5.23. The predicted octanol–water partition coefficient (Wildman–Crippen LogP) is 3.55. The van der Waals surface area contributed by atoms with Crippen molar-refractivity contribution in [2.75, 3.05) is 26.8 Å². The topological polar surface area (TPSA) is 49.9 Å². The standard InChI is InChI=1S/C24H28N2O3/c1-5-25(16-19-9-7-6-8-10-19)22-21(20-12-11-17(2)15-18(20)3)23(27)26(24(22)28)13-14-29-4/h6-12,15H,5,13-14,16H2,1-4H3. The second kappa shape index (κ2) is 9.05. The summed E-state index contributed by atoms with van der Waals surface area (Å²) in [6, 6.07) is 16.0. The molecule has 1 aliphatic heterocycles. The fraction of sp³-hybridized carbons (Fsp3) is 0.333. The van der Waals surface area contributed by atoms with Gasteiger partial charge in [0.25, 0.3) is 11.8 Å². The SMILES string of the molecule is CCN(Cc1ccccc1)C1=C(c2ccc(C)cc2C)C(=O)N(CCOC)C1=O. The van der Waals surface area contributed by atoms with Crippen LogP contribution in [0.4, 0.5) is 0 Å². The summed E-state index contributed by atoms with van der Waals surface area (Å²) in [5.74, 6) is -0.500. The van der Waals surface area contributed by atoms with Crippen LogP contribution in [0.3, 0.4) is 0 Å². The Hall–Kier alpha value is -2.92. The van der Waals surface area contributed by atoms with Gasteiger partial charge in [0.1, 0.15) is 5.70 Å². The molecule has 0 spiro atoms. The van der Waals surface area contributed by atoms with Crippen LogP contribution in [-0.4, -0.2) is 48.4 Å². The number of methoxy groups -OCH3 is 1.